The second kappa shape index (κ2) is 6.66. The van der Waals surface area contributed by atoms with Gasteiger partial charge in [-0.15, -0.1) is 0 Å². The maximum Gasteiger partial charge on any atom is 0.338 e. The normalized spacial score (nSPS) is 25.8. The lowest BCUT2D eigenvalue weighted by Crippen LogP contribution is -3.16. The number of methoxy groups -OCH3 is 3. The van der Waals surface area contributed by atoms with Gasteiger partial charge in [0.2, 0.25) is 5.75 Å². The van der Waals surface area contributed by atoms with Crippen LogP contribution in [-0.4, -0.2) is 53.0 Å². The number of hydrogen-bond donors (Lipinski definition) is 1. The zero-order chi connectivity index (χ0) is 16.4. The molecule has 2 bridgehead atoms. The van der Waals surface area contributed by atoms with Crippen LogP contribution in [0.1, 0.15) is 23.2 Å². The first-order valence-electron chi connectivity index (χ1n) is 8.00. The lowest BCUT2D eigenvalue weighted by Gasteiger charge is -2.41. The zero-order valence-electron chi connectivity index (χ0n) is 13.9. The molecule has 3 fully saturated rings. The van der Waals surface area contributed by atoms with Crippen LogP contribution in [0.3, 0.4) is 0 Å². The molecule has 3 heterocycles. The minimum atomic E-state index is -0.331. The Bertz CT molecular complexity index is 555. The summed E-state index contributed by atoms with van der Waals surface area (Å²) in [5.74, 6) is 1.55. The van der Waals surface area contributed by atoms with Gasteiger partial charge in [0.1, 0.15) is 6.54 Å². The average Bonchev–Trinajstić information content (AvgIpc) is 2.61. The van der Waals surface area contributed by atoms with Gasteiger partial charge >= 0.3 is 5.97 Å². The van der Waals surface area contributed by atoms with Crippen LogP contribution >= 0.6 is 0 Å². The summed E-state index contributed by atoms with van der Waals surface area (Å²) in [7, 11) is 4.60. The van der Waals surface area contributed by atoms with Crippen molar-refractivity contribution in [1.82, 2.24) is 0 Å². The predicted molar refractivity (Wildman–Crippen MR) is 83.6 cm³/mol. The van der Waals surface area contributed by atoms with E-state index in [1.807, 2.05) is 0 Å². The van der Waals surface area contributed by atoms with E-state index in [4.69, 9.17) is 18.9 Å². The highest BCUT2D eigenvalue weighted by molar-refractivity contribution is 5.91. The fourth-order valence-electron chi connectivity index (χ4n) is 3.62. The number of hydrogen-bond acceptors (Lipinski definition) is 5. The molecule has 4 rings (SSSR count). The van der Waals surface area contributed by atoms with E-state index in [2.05, 4.69) is 0 Å². The van der Waals surface area contributed by atoms with E-state index in [1.54, 1.807) is 12.1 Å². The Morgan fingerprint density at radius 3 is 2.09 bits per heavy atom. The Morgan fingerprint density at radius 1 is 1.04 bits per heavy atom. The molecule has 0 radical (unpaired) electrons. The molecule has 126 valence electrons. The standard InChI is InChI=1S/C17H23NO5/c1-20-13-8-12(9-14(21-2)16(13)22-3)17(19)23-15-10-18-6-4-11(15)5-7-18/h8-9,11,15H,4-7,10H2,1-3H3/p+1/t15-/m1/s1. The topological polar surface area (TPSA) is 58.4 Å². The number of fused-ring (bicyclic) bond motifs is 3. The van der Waals surface area contributed by atoms with Gasteiger partial charge in [0, 0.05) is 18.8 Å². The number of benzene rings is 1. The highest BCUT2D eigenvalue weighted by Gasteiger charge is 2.39. The van der Waals surface area contributed by atoms with Crippen LogP contribution < -0.4 is 19.1 Å². The molecule has 0 unspecified atom stereocenters. The first kappa shape index (κ1) is 15.9. The molecule has 23 heavy (non-hydrogen) atoms. The van der Waals surface area contributed by atoms with E-state index in [-0.39, 0.29) is 12.1 Å². The van der Waals surface area contributed by atoms with Crippen LogP contribution in [0.25, 0.3) is 0 Å². The Kier molecular flexibility index (Phi) is 4.61. The van der Waals surface area contributed by atoms with Crippen molar-refractivity contribution in [2.45, 2.75) is 18.9 Å². The van der Waals surface area contributed by atoms with Crippen LogP contribution in [0.15, 0.2) is 12.1 Å². The molecule has 3 saturated heterocycles. The molecule has 3 aliphatic rings. The van der Waals surface area contributed by atoms with E-state index < -0.39 is 0 Å². The van der Waals surface area contributed by atoms with Crippen LogP contribution in [-0.2, 0) is 4.74 Å². The van der Waals surface area contributed by atoms with Gasteiger partial charge in [-0.1, -0.05) is 0 Å². The van der Waals surface area contributed by atoms with Gasteiger partial charge in [0.25, 0.3) is 0 Å². The third-order valence-corrected chi connectivity index (χ3v) is 4.91. The number of quaternary nitrogens is 1. The Balaban J connectivity index is 1.79. The average molecular weight is 322 g/mol. The first-order valence-corrected chi connectivity index (χ1v) is 8.00. The van der Waals surface area contributed by atoms with Crippen molar-refractivity contribution in [3.8, 4) is 17.2 Å². The molecule has 0 spiro atoms. The van der Waals surface area contributed by atoms with Crippen molar-refractivity contribution in [1.29, 1.82) is 0 Å². The molecule has 1 aromatic carbocycles. The molecule has 1 aromatic rings. The van der Waals surface area contributed by atoms with Gasteiger partial charge in [-0.05, 0) is 12.1 Å². The van der Waals surface area contributed by atoms with Crippen LogP contribution in [0.2, 0.25) is 0 Å². The van der Waals surface area contributed by atoms with Gasteiger partial charge in [-0.2, -0.15) is 0 Å². The molecule has 1 N–H and O–H groups in total. The number of esters is 1. The van der Waals surface area contributed by atoms with Gasteiger partial charge in [-0.25, -0.2) is 4.79 Å². The van der Waals surface area contributed by atoms with Crippen molar-refractivity contribution < 1.29 is 28.6 Å². The number of nitrogens with one attached hydrogen (secondary N) is 1. The number of ether oxygens (including phenoxy) is 4. The second-order valence-corrected chi connectivity index (χ2v) is 6.15. The summed E-state index contributed by atoms with van der Waals surface area (Å²) < 4.78 is 21.6. The monoisotopic (exact) mass is 322 g/mol. The summed E-state index contributed by atoms with van der Waals surface area (Å²) in [6.45, 7) is 3.31. The van der Waals surface area contributed by atoms with Crippen molar-refractivity contribution in [2.24, 2.45) is 5.92 Å². The lowest BCUT2D eigenvalue weighted by molar-refractivity contribution is -0.920. The van der Waals surface area contributed by atoms with Crippen molar-refractivity contribution in [3.63, 3.8) is 0 Å². The smallest absolute Gasteiger partial charge is 0.338 e. The highest BCUT2D eigenvalue weighted by Crippen LogP contribution is 2.38. The maximum absolute atomic E-state index is 12.5. The van der Waals surface area contributed by atoms with Gasteiger partial charge in [-0.3, -0.25) is 0 Å². The molecule has 0 amide bonds. The fraction of sp³-hybridized carbons (Fsp3) is 0.588. The van der Waals surface area contributed by atoms with Crippen molar-refractivity contribution in [2.75, 3.05) is 41.0 Å². The number of piperidine rings is 3. The van der Waals surface area contributed by atoms with Crippen LogP contribution in [0, 0.1) is 5.92 Å². The first-order chi connectivity index (χ1) is 11.2. The lowest BCUT2D eigenvalue weighted by atomic mass is 9.86. The van der Waals surface area contributed by atoms with E-state index in [0.29, 0.717) is 28.7 Å². The van der Waals surface area contributed by atoms with E-state index in [0.717, 1.165) is 19.4 Å². The maximum atomic E-state index is 12.5. The van der Waals surface area contributed by atoms with E-state index >= 15 is 0 Å². The summed E-state index contributed by atoms with van der Waals surface area (Å²) in [5, 5.41) is 0. The third-order valence-electron chi connectivity index (χ3n) is 4.91. The summed E-state index contributed by atoms with van der Waals surface area (Å²) in [6.07, 6.45) is 2.30. The molecule has 6 heteroatoms. The van der Waals surface area contributed by atoms with Crippen molar-refractivity contribution >= 4 is 5.97 Å². The molecule has 6 nitrogen and oxygen atoms in total. The van der Waals surface area contributed by atoms with Gasteiger partial charge in [0.15, 0.2) is 17.6 Å². The molecule has 3 aliphatic heterocycles. The minimum absolute atomic E-state index is 0.0130. The van der Waals surface area contributed by atoms with Crippen molar-refractivity contribution in [3.05, 3.63) is 17.7 Å². The second-order valence-electron chi connectivity index (χ2n) is 6.15. The third kappa shape index (κ3) is 3.08. The number of carbonyl (C=O) groups excluding carboxylic acids is 1. The van der Waals surface area contributed by atoms with Crippen LogP contribution in [0.5, 0.6) is 17.2 Å². The minimum Gasteiger partial charge on any atom is -0.493 e. The molecular formula is C17H24NO5+. The fourth-order valence-corrected chi connectivity index (χ4v) is 3.62. The Labute approximate surface area is 136 Å². The van der Waals surface area contributed by atoms with Gasteiger partial charge in [0.05, 0.1) is 40.0 Å². The molecule has 0 aromatic heterocycles. The van der Waals surface area contributed by atoms with E-state index in [1.165, 1.54) is 39.3 Å². The summed E-state index contributed by atoms with van der Waals surface area (Å²) in [5.41, 5.74) is 0.422. The summed E-state index contributed by atoms with van der Waals surface area (Å²) in [4.78, 5) is 14.1. The number of carbonyl (C=O) groups is 1. The molecule has 1 atom stereocenters. The summed E-state index contributed by atoms with van der Waals surface area (Å²) in [6, 6.07) is 3.27. The number of rotatable bonds is 5. The molecule has 0 aliphatic carbocycles. The molecular weight excluding hydrogens is 298 g/mol. The quantitative estimate of drug-likeness (QED) is 0.802. The molecule has 0 saturated carbocycles. The Hall–Kier alpha value is -1.95. The van der Waals surface area contributed by atoms with Gasteiger partial charge < -0.3 is 23.8 Å². The Morgan fingerprint density at radius 2 is 1.65 bits per heavy atom. The highest BCUT2D eigenvalue weighted by atomic mass is 16.5. The van der Waals surface area contributed by atoms with E-state index in [9.17, 15) is 4.79 Å². The predicted octanol–water partition coefficient (Wildman–Crippen LogP) is 0.546. The zero-order valence-corrected chi connectivity index (χ0v) is 13.9. The largest absolute Gasteiger partial charge is 0.493 e. The van der Waals surface area contributed by atoms with Crippen LogP contribution in [0.4, 0.5) is 0 Å². The summed E-state index contributed by atoms with van der Waals surface area (Å²) >= 11 is 0. The SMILES string of the molecule is COc1cc(C(=O)O[C@@H]2C[NH+]3CCC2CC3)cc(OC)c1OC.